The molecule has 0 saturated heterocycles. The zero-order valence-corrected chi connectivity index (χ0v) is 12.2. The minimum atomic E-state index is 0.552. The van der Waals surface area contributed by atoms with Crippen LogP contribution in [0.1, 0.15) is 37.3 Å². The number of hydrogen-bond acceptors (Lipinski definition) is 3. The van der Waals surface area contributed by atoms with E-state index in [1.165, 1.54) is 25.7 Å². The lowest BCUT2D eigenvalue weighted by Gasteiger charge is -2.11. The van der Waals surface area contributed by atoms with E-state index in [1.807, 2.05) is 30.3 Å². The van der Waals surface area contributed by atoms with Gasteiger partial charge >= 0.3 is 0 Å². The number of rotatable bonds is 2. The fourth-order valence-corrected chi connectivity index (χ4v) is 3.07. The van der Waals surface area contributed by atoms with Crippen molar-refractivity contribution in [3.05, 3.63) is 40.5 Å². The molecule has 2 N–H and O–H groups in total. The monoisotopic (exact) mass is 317 g/mol. The molecule has 98 valence electrons. The van der Waals surface area contributed by atoms with Crippen molar-refractivity contribution in [3.63, 3.8) is 0 Å². The van der Waals surface area contributed by atoms with Gasteiger partial charge < -0.3 is 5.73 Å². The lowest BCUT2D eigenvalue weighted by molar-refractivity contribution is 0.696. The summed E-state index contributed by atoms with van der Waals surface area (Å²) in [4.78, 5) is 9.08. The number of halogens is 1. The maximum absolute atomic E-state index is 5.94. The van der Waals surface area contributed by atoms with E-state index in [-0.39, 0.29) is 0 Å². The number of benzene rings is 1. The molecule has 1 saturated carbocycles. The molecule has 0 bridgehead atoms. The topological polar surface area (TPSA) is 51.8 Å². The molecule has 1 fully saturated rings. The average molecular weight is 318 g/mol. The third-order valence-corrected chi connectivity index (χ3v) is 4.12. The molecule has 2 aromatic rings. The van der Waals surface area contributed by atoms with Crippen LogP contribution in [0.5, 0.6) is 0 Å². The molecule has 0 aliphatic heterocycles. The number of aromatic nitrogens is 2. The van der Waals surface area contributed by atoms with E-state index < -0.39 is 0 Å². The second kappa shape index (κ2) is 5.29. The number of nitrogen functional groups attached to an aromatic ring is 1. The van der Waals surface area contributed by atoms with Crippen LogP contribution in [-0.4, -0.2) is 9.97 Å². The highest BCUT2D eigenvalue weighted by atomic mass is 79.9. The molecule has 1 heterocycles. The van der Waals surface area contributed by atoms with E-state index in [0.717, 1.165) is 21.6 Å². The summed E-state index contributed by atoms with van der Waals surface area (Å²) >= 11 is 3.48. The quantitative estimate of drug-likeness (QED) is 0.905. The third-order valence-electron chi connectivity index (χ3n) is 3.62. The van der Waals surface area contributed by atoms with Crippen LogP contribution in [0.2, 0.25) is 0 Å². The standard InChI is InChI=1S/C15H16BrN3/c16-12-7-3-6-11(8-12)15-18-13(9-14(17)19-15)10-4-1-2-5-10/h3,6-10H,1-2,4-5H2,(H2,17,18,19). The molecular formula is C15H16BrN3. The van der Waals surface area contributed by atoms with Crippen molar-refractivity contribution in [2.24, 2.45) is 0 Å². The highest BCUT2D eigenvalue weighted by Gasteiger charge is 2.19. The third kappa shape index (κ3) is 2.78. The van der Waals surface area contributed by atoms with Gasteiger partial charge in [0.2, 0.25) is 0 Å². The molecule has 1 aromatic carbocycles. The molecular weight excluding hydrogens is 302 g/mol. The molecule has 1 aliphatic rings. The van der Waals surface area contributed by atoms with Crippen LogP contribution in [0.25, 0.3) is 11.4 Å². The predicted molar refractivity (Wildman–Crippen MR) is 80.8 cm³/mol. The lowest BCUT2D eigenvalue weighted by Crippen LogP contribution is -2.03. The molecule has 1 aliphatic carbocycles. The van der Waals surface area contributed by atoms with Crippen molar-refractivity contribution in [2.45, 2.75) is 31.6 Å². The Hall–Kier alpha value is -1.42. The Bertz CT molecular complexity index is 592. The van der Waals surface area contributed by atoms with Crippen molar-refractivity contribution in [3.8, 4) is 11.4 Å². The van der Waals surface area contributed by atoms with Crippen molar-refractivity contribution in [1.82, 2.24) is 9.97 Å². The Balaban J connectivity index is 2.01. The molecule has 0 spiro atoms. The average Bonchev–Trinajstić information content (AvgIpc) is 2.92. The summed E-state index contributed by atoms with van der Waals surface area (Å²) in [5.74, 6) is 1.84. The smallest absolute Gasteiger partial charge is 0.161 e. The summed E-state index contributed by atoms with van der Waals surface area (Å²) in [6.07, 6.45) is 5.02. The van der Waals surface area contributed by atoms with Crippen LogP contribution in [0, 0.1) is 0 Å². The maximum atomic E-state index is 5.94. The first-order chi connectivity index (χ1) is 9.22. The Kier molecular flexibility index (Phi) is 3.51. The van der Waals surface area contributed by atoms with Crippen molar-refractivity contribution in [2.75, 3.05) is 5.73 Å². The second-order valence-electron chi connectivity index (χ2n) is 5.03. The van der Waals surface area contributed by atoms with Gasteiger partial charge in [0.05, 0.1) is 0 Å². The number of nitrogens with two attached hydrogens (primary N) is 1. The van der Waals surface area contributed by atoms with E-state index in [2.05, 4.69) is 20.9 Å². The summed E-state index contributed by atoms with van der Waals surface area (Å²) in [5, 5.41) is 0. The van der Waals surface area contributed by atoms with Crippen LogP contribution in [0.15, 0.2) is 34.8 Å². The summed E-state index contributed by atoms with van der Waals surface area (Å²) in [7, 11) is 0. The van der Waals surface area contributed by atoms with Gasteiger partial charge in [0.1, 0.15) is 5.82 Å². The summed E-state index contributed by atoms with van der Waals surface area (Å²) < 4.78 is 1.03. The van der Waals surface area contributed by atoms with Gasteiger partial charge in [0.15, 0.2) is 5.82 Å². The second-order valence-corrected chi connectivity index (χ2v) is 5.95. The molecule has 4 heteroatoms. The van der Waals surface area contributed by atoms with Gasteiger partial charge in [-0.3, -0.25) is 0 Å². The van der Waals surface area contributed by atoms with E-state index in [4.69, 9.17) is 10.7 Å². The van der Waals surface area contributed by atoms with Crippen LogP contribution in [0.3, 0.4) is 0 Å². The van der Waals surface area contributed by atoms with E-state index in [0.29, 0.717) is 11.7 Å². The normalized spacial score (nSPS) is 15.8. The SMILES string of the molecule is Nc1cc(C2CCCC2)nc(-c2cccc(Br)c2)n1. The largest absolute Gasteiger partial charge is 0.384 e. The van der Waals surface area contributed by atoms with E-state index in [9.17, 15) is 0 Å². The highest BCUT2D eigenvalue weighted by Crippen LogP contribution is 2.34. The summed E-state index contributed by atoms with van der Waals surface area (Å²) in [5.41, 5.74) is 8.04. The molecule has 0 radical (unpaired) electrons. The summed E-state index contributed by atoms with van der Waals surface area (Å²) in [6.45, 7) is 0. The highest BCUT2D eigenvalue weighted by molar-refractivity contribution is 9.10. The first-order valence-electron chi connectivity index (χ1n) is 6.63. The zero-order chi connectivity index (χ0) is 13.2. The molecule has 1 aromatic heterocycles. The fraction of sp³-hybridized carbons (Fsp3) is 0.333. The molecule has 0 unspecified atom stereocenters. The Morgan fingerprint density at radius 2 is 1.89 bits per heavy atom. The van der Waals surface area contributed by atoms with Gasteiger partial charge in [-0.2, -0.15) is 0 Å². The minimum Gasteiger partial charge on any atom is -0.384 e. The molecule has 3 rings (SSSR count). The lowest BCUT2D eigenvalue weighted by atomic mass is 10.0. The minimum absolute atomic E-state index is 0.552. The first kappa shape index (κ1) is 12.6. The van der Waals surface area contributed by atoms with E-state index >= 15 is 0 Å². The molecule has 3 nitrogen and oxygen atoms in total. The Morgan fingerprint density at radius 3 is 2.63 bits per heavy atom. The number of hydrogen-bond donors (Lipinski definition) is 1. The van der Waals surface area contributed by atoms with Crippen molar-refractivity contribution >= 4 is 21.7 Å². The van der Waals surface area contributed by atoms with Gasteiger partial charge in [0.25, 0.3) is 0 Å². The van der Waals surface area contributed by atoms with Crippen molar-refractivity contribution in [1.29, 1.82) is 0 Å². The number of nitrogens with zero attached hydrogens (tertiary/aromatic N) is 2. The fourth-order valence-electron chi connectivity index (χ4n) is 2.67. The Morgan fingerprint density at radius 1 is 1.11 bits per heavy atom. The predicted octanol–water partition coefficient (Wildman–Crippen LogP) is 4.15. The van der Waals surface area contributed by atoms with Crippen molar-refractivity contribution < 1.29 is 0 Å². The zero-order valence-electron chi connectivity index (χ0n) is 10.6. The maximum Gasteiger partial charge on any atom is 0.161 e. The molecule has 0 atom stereocenters. The summed E-state index contributed by atoms with van der Waals surface area (Å²) in [6, 6.07) is 9.94. The van der Waals surface area contributed by atoms with Gasteiger partial charge in [-0.25, -0.2) is 9.97 Å². The van der Waals surface area contributed by atoms with Gasteiger partial charge in [-0.05, 0) is 25.0 Å². The first-order valence-corrected chi connectivity index (χ1v) is 7.42. The van der Waals surface area contributed by atoms with Gasteiger partial charge in [-0.15, -0.1) is 0 Å². The molecule has 19 heavy (non-hydrogen) atoms. The van der Waals surface area contributed by atoms with Crippen LogP contribution in [-0.2, 0) is 0 Å². The van der Waals surface area contributed by atoms with E-state index in [1.54, 1.807) is 0 Å². The molecule has 0 amide bonds. The Labute approximate surface area is 121 Å². The van der Waals surface area contributed by atoms with Gasteiger partial charge in [0, 0.05) is 27.7 Å². The van der Waals surface area contributed by atoms with Crippen LogP contribution >= 0.6 is 15.9 Å². The van der Waals surface area contributed by atoms with Crippen LogP contribution in [0.4, 0.5) is 5.82 Å². The number of anilines is 1. The van der Waals surface area contributed by atoms with Gasteiger partial charge in [-0.1, -0.05) is 40.9 Å². The van der Waals surface area contributed by atoms with Crippen LogP contribution < -0.4 is 5.73 Å².